The molecule has 0 saturated carbocycles. The first-order chi connectivity index (χ1) is 17.6. The summed E-state index contributed by atoms with van der Waals surface area (Å²) in [5.74, 6) is -4.72. The molecule has 14 heteroatoms. The number of aromatic nitrogens is 3. The van der Waals surface area contributed by atoms with Crippen LogP contribution in [0.3, 0.4) is 0 Å². The lowest BCUT2D eigenvalue weighted by Crippen LogP contribution is -2.53. The Kier molecular flexibility index (Phi) is 6.72. The minimum atomic E-state index is -4.85. The smallest absolute Gasteiger partial charge is 0.391 e. The van der Waals surface area contributed by atoms with Crippen LogP contribution in [-0.4, -0.2) is 56.3 Å². The van der Waals surface area contributed by atoms with Gasteiger partial charge in [-0.1, -0.05) is 20.8 Å². The Hall–Kier alpha value is -3.94. The average Bonchev–Trinajstić information content (AvgIpc) is 3.14. The number of amides is 2. The van der Waals surface area contributed by atoms with Gasteiger partial charge in [0.2, 0.25) is 11.3 Å². The summed E-state index contributed by atoms with van der Waals surface area (Å²) in [6, 6.07) is 0.556. The number of anilines is 1. The number of rotatable bonds is 4. The van der Waals surface area contributed by atoms with Crippen LogP contribution >= 0.6 is 0 Å². The summed E-state index contributed by atoms with van der Waals surface area (Å²) in [5, 5.41) is 11.3. The summed E-state index contributed by atoms with van der Waals surface area (Å²) in [5.41, 5.74) is -3.57. The Labute approximate surface area is 211 Å². The molecule has 3 aromatic rings. The number of β-amino-alcohol motifs (C(OH)–C–C–N with tert-alkyl or cyclic N) is 1. The number of aliphatic hydroxyl groups excluding tert-OH is 1. The van der Waals surface area contributed by atoms with Gasteiger partial charge in [-0.25, -0.2) is 18.7 Å². The highest BCUT2D eigenvalue weighted by atomic mass is 19.4. The molecule has 0 aromatic carbocycles. The predicted molar refractivity (Wildman–Crippen MR) is 125 cm³/mol. The zero-order chi connectivity index (χ0) is 28.2. The third-order valence-corrected chi connectivity index (χ3v) is 5.95. The fourth-order valence-electron chi connectivity index (χ4n) is 4.16. The number of pyridine rings is 3. The van der Waals surface area contributed by atoms with E-state index in [9.17, 15) is 41.4 Å². The Morgan fingerprint density at radius 1 is 1.18 bits per heavy atom. The van der Waals surface area contributed by atoms with E-state index in [1.54, 1.807) is 0 Å². The van der Waals surface area contributed by atoms with Gasteiger partial charge in [0.25, 0.3) is 5.91 Å². The molecule has 1 fully saturated rings. The molecule has 1 aliphatic rings. The van der Waals surface area contributed by atoms with Gasteiger partial charge in [0.05, 0.1) is 30.7 Å². The molecule has 1 aliphatic heterocycles. The maximum absolute atomic E-state index is 14.8. The second-order valence-electron chi connectivity index (χ2n) is 9.92. The molecule has 202 valence electrons. The van der Waals surface area contributed by atoms with Crippen LogP contribution in [0.1, 0.15) is 37.6 Å². The van der Waals surface area contributed by atoms with Crippen molar-refractivity contribution >= 4 is 28.7 Å². The van der Waals surface area contributed by atoms with Crippen LogP contribution in [0.25, 0.3) is 16.9 Å². The van der Waals surface area contributed by atoms with Gasteiger partial charge in [-0.2, -0.15) is 13.2 Å². The normalized spacial score (nSPS) is 17.2. The lowest BCUT2D eigenvalue weighted by Gasteiger charge is -2.33. The monoisotopic (exact) mass is 539 g/mol. The maximum atomic E-state index is 14.8. The SMILES string of the molecule is CC(C)(C)C(NC(=O)c1cn(-c2ncc(F)cc2F)c2nc(N3C[C@@H](O)CC3=O)ccc2c1=O)C(F)(F)F. The molecule has 4 heterocycles. The van der Waals surface area contributed by atoms with Crippen LogP contribution in [-0.2, 0) is 4.79 Å². The largest absolute Gasteiger partial charge is 0.409 e. The van der Waals surface area contributed by atoms with E-state index in [1.807, 2.05) is 5.32 Å². The van der Waals surface area contributed by atoms with Crippen molar-refractivity contribution in [1.82, 2.24) is 19.9 Å². The fourth-order valence-corrected chi connectivity index (χ4v) is 4.16. The number of aliphatic hydroxyl groups is 1. The Morgan fingerprint density at radius 2 is 1.87 bits per heavy atom. The first-order valence-electron chi connectivity index (χ1n) is 11.3. The van der Waals surface area contributed by atoms with E-state index < -0.39 is 64.0 Å². The van der Waals surface area contributed by atoms with E-state index >= 15 is 0 Å². The zero-order valence-electron chi connectivity index (χ0n) is 20.3. The summed E-state index contributed by atoms with van der Waals surface area (Å²) in [6.45, 7) is 3.66. The third-order valence-electron chi connectivity index (χ3n) is 5.95. The number of fused-ring (bicyclic) bond motifs is 1. The van der Waals surface area contributed by atoms with E-state index in [2.05, 4.69) is 9.97 Å². The van der Waals surface area contributed by atoms with E-state index in [0.717, 1.165) is 21.7 Å². The number of nitrogens with one attached hydrogen (secondary N) is 1. The van der Waals surface area contributed by atoms with Gasteiger partial charge in [-0.05, 0) is 17.5 Å². The van der Waals surface area contributed by atoms with E-state index in [-0.39, 0.29) is 29.8 Å². The van der Waals surface area contributed by atoms with Crippen LogP contribution in [0.5, 0.6) is 0 Å². The minimum Gasteiger partial charge on any atom is -0.391 e. The number of hydrogen-bond donors (Lipinski definition) is 2. The van der Waals surface area contributed by atoms with E-state index in [0.29, 0.717) is 12.3 Å². The lowest BCUT2D eigenvalue weighted by molar-refractivity contribution is -0.174. The number of carbonyl (C=O) groups is 2. The number of nitrogens with zero attached hydrogens (tertiary/aromatic N) is 4. The molecule has 3 aromatic heterocycles. The van der Waals surface area contributed by atoms with Crippen molar-refractivity contribution in [3.05, 3.63) is 58.0 Å². The highest BCUT2D eigenvalue weighted by Crippen LogP contribution is 2.33. The van der Waals surface area contributed by atoms with Crippen molar-refractivity contribution in [2.45, 2.75) is 45.5 Å². The Balaban J connectivity index is 1.93. The van der Waals surface area contributed by atoms with Crippen LogP contribution in [0, 0.1) is 17.0 Å². The van der Waals surface area contributed by atoms with E-state index in [4.69, 9.17) is 0 Å². The summed E-state index contributed by atoms with van der Waals surface area (Å²) in [7, 11) is 0. The highest BCUT2D eigenvalue weighted by Gasteiger charge is 2.48. The summed E-state index contributed by atoms with van der Waals surface area (Å²) in [6.07, 6.45) is -4.57. The maximum Gasteiger partial charge on any atom is 0.409 e. The lowest BCUT2D eigenvalue weighted by atomic mass is 9.86. The molecular formula is C24H22F5N5O4. The number of alkyl halides is 3. The van der Waals surface area contributed by atoms with Crippen molar-refractivity contribution in [2.75, 3.05) is 11.4 Å². The molecule has 9 nitrogen and oxygen atoms in total. The molecule has 38 heavy (non-hydrogen) atoms. The van der Waals surface area contributed by atoms with E-state index in [1.165, 1.54) is 26.8 Å². The van der Waals surface area contributed by atoms with Gasteiger partial charge in [-0.3, -0.25) is 23.9 Å². The van der Waals surface area contributed by atoms with Gasteiger partial charge >= 0.3 is 6.18 Å². The fraction of sp³-hybridized carbons (Fsp3) is 0.375. The molecule has 2 amide bonds. The quantitative estimate of drug-likeness (QED) is 0.493. The van der Waals surface area contributed by atoms with Gasteiger partial charge in [0.1, 0.15) is 23.2 Å². The second-order valence-corrected chi connectivity index (χ2v) is 9.92. The molecule has 0 bridgehead atoms. The van der Waals surface area contributed by atoms with Crippen LogP contribution in [0.4, 0.5) is 27.8 Å². The summed E-state index contributed by atoms with van der Waals surface area (Å²) >= 11 is 0. The number of halogens is 5. The Bertz CT molecular complexity index is 1480. The van der Waals surface area contributed by atoms with Crippen LogP contribution in [0.15, 0.2) is 35.4 Å². The second kappa shape index (κ2) is 9.42. The molecule has 1 saturated heterocycles. The third kappa shape index (κ3) is 5.08. The molecule has 0 aliphatic carbocycles. The standard InChI is InChI=1S/C24H22F5N5O4/c1-23(2,3)22(24(27,28)29)32-21(38)14-10-34(20-15(26)6-11(25)8-30-20)19-13(18(14)37)4-5-16(31-19)33-9-12(35)7-17(33)36/h4-6,8,10,12,22,35H,7,9H2,1-3H3,(H,32,38)/t12-,22?/m0/s1. The van der Waals surface area contributed by atoms with Gasteiger partial charge < -0.3 is 10.4 Å². The molecule has 0 radical (unpaired) electrons. The van der Waals surface area contributed by atoms with Crippen molar-refractivity contribution in [1.29, 1.82) is 0 Å². The summed E-state index contributed by atoms with van der Waals surface area (Å²) in [4.78, 5) is 47.5. The topological polar surface area (TPSA) is 117 Å². The number of hydrogen-bond acceptors (Lipinski definition) is 6. The summed E-state index contributed by atoms with van der Waals surface area (Å²) < 4.78 is 70.2. The zero-order valence-corrected chi connectivity index (χ0v) is 20.3. The first-order valence-corrected chi connectivity index (χ1v) is 11.3. The molecular weight excluding hydrogens is 517 g/mol. The minimum absolute atomic E-state index is 0.0169. The molecule has 1 unspecified atom stereocenters. The average molecular weight is 539 g/mol. The van der Waals surface area contributed by atoms with Crippen molar-refractivity contribution in [2.24, 2.45) is 5.41 Å². The predicted octanol–water partition coefficient (Wildman–Crippen LogP) is 2.86. The van der Waals surface area contributed by atoms with Crippen molar-refractivity contribution < 1.29 is 36.6 Å². The van der Waals surface area contributed by atoms with Crippen molar-refractivity contribution in [3.8, 4) is 5.82 Å². The Morgan fingerprint density at radius 3 is 2.42 bits per heavy atom. The van der Waals surface area contributed by atoms with Gasteiger partial charge in [-0.15, -0.1) is 0 Å². The molecule has 2 N–H and O–H groups in total. The van der Waals surface area contributed by atoms with Crippen LogP contribution < -0.4 is 15.6 Å². The first kappa shape index (κ1) is 27.1. The highest BCUT2D eigenvalue weighted by molar-refractivity contribution is 5.99. The van der Waals surface area contributed by atoms with Gasteiger partial charge in [0, 0.05) is 12.3 Å². The molecule has 4 rings (SSSR count). The van der Waals surface area contributed by atoms with Crippen LogP contribution in [0.2, 0.25) is 0 Å². The molecule has 0 spiro atoms. The molecule has 2 atom stereocenters. The number of carbonyl (C=O) groups excluding carboxylic acids is 2. The van der Waals surface area contributed by atoms with Crippen molar-refractivity contribution in [3.63, 3.8) is 0 Å². The van der Waals surface area contributed by atoms with Gasteiger partial charge in [0.15, 0.2) is 17.3 Å².